The fourth-order valence-electron chi connectivity index (χ4n) is 2.93. The Bertz CT molecular complexity index is 564. The van der Waals surface area contributed by atoms with Gasteiger partial charge in [-0.1, -0.05) is 19.1 Å². The predicted molar refractivity (Wildman–Crippen MR) is 86.2 cm³/mol. The van der Waals surface area contributed by atoms with Crippen LogP contribution in [0.4, 0.5) is 5.69 Å². The molecule has 1 aromatic carbocycles. The van der Waals surface area contributed by atoms with Crippen LogP contribution in [-0.2, 0) is 4.79 Å². The lowest BCUT2D eigenvalue weighted by Gasteiger charge is -2.38. The molecule has 1 aliphatic heterocycles. The van der Waals surface area contributed by atoms with Crippen molar-refractivity contribution in [3.05, 3.63) is 34.4 Å². The van der Waals surface area contributed by atoms with Crippen LogP contribution in [0.5, 0.6) is 5.75 Å². The number of carbonyl (C=O) groups is 1. The average molecular weight is 321 g/mol. The van der Waals surface area contributed by atoms with Crippen LogP contribution in [0.25, 0.3) is 0 Å². The topological polar surface area (TPSA) is 98.7 Å². The highest BCUT2D eigenvalue weighted by atomic mass is 16.6. The highest BCUT2D eigenvalue weighted by Crippen LogP contribution is 2.26. The number of likely N-dealkylation sites (tertiary alicyclic amines) is 1. The molecular weight excluding hydrogens is 298 g/mol. The number of nitro benzene ring substituents is 1. The van der Waals surface area contributed by atoms with E-state index in [1.807, 2.05) is 4.90 Å². The van der Waals surface area contributed by atoms with Gasteiger partial charge in [0.05, 0.1) is 18.0 Å². The smallest absolute Gasteiger partial charge is 0.310 e. The van der Waals surface area contributed by atoms with Crippen LogP contribution in [-0.4, -0.2) is 41.5 Å². The van der Waals surface area contributed by atoms with Crippen molar-refractivity contribution >= 4 is 11.6 Å². The number of amides is 1. The molecule has 1 heterocycles. The molecular formula is C16H23N3O4. The number of hydrogen-bond acceptors (Lipinski definition) is 5. The Morgan fingerprint density at radius 1 is 1.48 bits per heavy atom. The second-order valence-electron chi connectivity index (χ2n) is 5.93. The zero-order valence-electron chi connectivity index (χ0n) is 13.3. The molecule has 0 aliphatic carbocycles. The number of piperidine rings is 1. The van der Waals surface area contributed by atoms with Gasteiger partial charge in [0.1, 0.15) is 0 Å². The third kappa shape index (κ3) is 4.41. The number of rotatable bonds is 6. The van der Waals surface area contributed by atoms with E-state index in [1.54, 1.807) is 12.1 Å². The number of carbonyl (C=O) groups excluding carboxylic acids is 1. The van der Waals surface area contributed by atoms with Crippen LogP contribution in [0, 0.1) is 16.0 Å². The number of nitro groups is 1. The number of nitrogens with zero attached hydrogens (tertiary/aromatic N) is 2. The monoisotopic (exact) mass is 321 g/mol. The van der Waals surface area contributed by atoms with Gasteiger partial charge in [0, 0.05) is 25.2 Å². The number of para-hydroxylation sites is 2. The summed E-state index contributed by atoms with van der Waals surface area (Å²) in [5, 5.41) is 10.9. The Balaban J connectivity index is 1.89. The molecule has 2 unspecified atom stereocenters. The largest absolute Gasteiger partial charge is 0.486 e. The maximum absolute atomic E-state index is 12.3. The van der Waals surface area contributed by atoms with Gasteiger partial charge in [-0.05, 0) is 24.8 Å². The summed E-state index contributed by atoms with van der Waals surface area (Å²) in [7, 11) is 0. The highest BCUT2D eigenvalue weighted by molar-refractivity contribution is 5.76. The Kier molecular flexibility index (Phi) is 5.92. The van der Waals surface area contributed by atoms with Crippen LogP contribution in [0.1, 0.15) is 26.2 Å². The fraction of sp³-hybridized carbons (Fsp3) is 0.562. The minimum Gasteiger partial charge on any atom is -0.486 e. The van der Waals surface area contributed by atoms with E-state index < -0.39 is 4.92 Å². The molecule has 0 bridgehead atoms. The normalized spacial score (nSPS) is 21.0. The van der Waals surface area contributed by atoms with Crippen molar-refractivity contribution in [1.29, 1.82) is 0 Å². The molecule has 7 heteroatoms. The first kappa shape index (κ1) is 17.2. The number of ether oxygens (including phenoxy) is 1. The molecule has 1 fully saturated rings. The van der Waals surface area contributed by atoms with Crippen molar-refractivity contribution < 1.29 is 14.5 Å². The minimum atomic E-state index is -0.492. The van der Waals surface area contributed by atoms with E-state index in [1.165, 1.54) is 12.1 Å². The Morgan fingerprint density at radius 2 is 2.22 bits per heavy atom. The van der Waals surface area contributed by atoms with Crippen molar-refractivity contribution in [1.82, 2.24) is 4.90 Å². The quantitative estimate of drug-likeness (QED) is 0.638. The van der Waals surface area contributed by atoms with Crippen LogP contribution in [0.2, 0.25) is 0 Å². The SMILES string of the molecule is CC1CCN(C(=O)CCOc2ccccc2[N+](=O)[O-])C(CN)C1. The summed E-state index contributed by atoms with van der Waals surface area (Å²) in [4.78, 5) is 24.6. The molecule has 0 aromatic heterocycles. The molecule has 1 saturated heterocycles. The van der Waals surface area contributed by atoms with Gasteiger partial charge in [0.2, 0.25) is 5.91 Å². The summed E-state index contributed by atoms with van der Waals surface area (Å²) in [6.07, 6.45) is 2.09. The van der Waals surface area contributed by atoms with E-state index >= 15 is 0 Å². The minimum absolute atomic E-state index is 0.00839. The Labute approximate surface area is 135 Å². The van der Waals surface area contributed by atoms with Gasteiger partial charge in [0.25, 0.3) is 0 Å². The molecule has 1 aliphatic rings. The molecule has 1 aromatic rings. The molecule has 2 atom stereocenters. The maximum Gasteiger partial charge on any atom is 0.310 e. The second-order valence-corrected chi connectivity index (χ2v) is 5.93. The molecule has 0 spiro atoms. The lowest BCUT2D eigenvalue weighted by atomic mass is 9.92. The lowest BCUT2D eigenvalue weighted by Crippen LogP contribution is -2.49. The molecule has 1 amide bonds. The van der Waals surface area contributed by atoms with Crippen LogP contribution in [0.3, 0.4) is 0 Å². The van der Waals surface area contributed by atoms with Gasteiger partial charge in [-0.3, -0.25) is 14.9 Å². The van der Waals surface area contributed by atoms with E-state index in [0.717, 1.165) is 12.8 Å². The van der Waals surface area contributed by atoms with E-state index in [2.05, 4.69) is 6.92 Å². The van der Waals surface area contributed by atoms with Crippen molar-refractivity contribution in [2.45, 2.75) is 32.2 Å². The van der Waals surface area contributed by atoms with E-state index in [9.17, 15) is 14.9 Å². The summed E-state index contributed by atoms with van der Waals surface area (Å²) >= 11 is 0. The van der Waals surface area contributed by atoms with Crippen LogP contribution in [0.15, 0.2) is 24.3 Å². The number of benzene rings is 1. The van der Waals surface area contributed by atoms with Gasteiger partial charge in [-0.15, -0.1) is 0 Å². The summed E-state index contributed by atoms with van der Waals surface area (Å²) in [5.74, 6) is 0.759. The standard InChI is InChI=1S/C16H23N3O4/c1-12-6-8-18(13(10-12)11-17)16(20)7-9-23-15-5-3-2-4-14(15)19(21)22/h2-5,12-13H,6-11,17H2,1H3. The molecule has 0 radical (unpaired) electrons. The summed E-state index contributed by atoms with van der Waals surface area (Å²) in [6, 6.07) is 6.25. The summed E-state index contributed by atoms with van der Waals surface area (Å²) in [5.41, 5.74) is 5.68. The third-order valence-corrected chi connectivity index (χ3v) is 4.21. The second kappa shape index (κ2) is 7.92. The fourth-order valence-corrected chi connectivity index (χ4v) is 2.93. The van der Waals surface area contributed by atoms with Crippen molar-refractivity contribution in [3.8, 4) is 5.75 Å². The average Bonchev–Trinajstić information content (AvgIpc) is 2.54. The Morgan fingerprint density at radius 3 is 2.91 bits per heavy atom. The first-order valence-electron chi connectivity index (χ1n) is 7.88. The molecule has 0 saturated carbocycles. The van der Waals surface area contributed by atoms with Gasteiger partial charge in [0.15, 0.2) is 5.75 Å². The van der Waals surface area contributed by atoms with E-state index in [-0.39, 0.29) is 36.4 Å². The van der Waals surface area contributed by atoms with Crippen molar-refractivity contribution in [2.75, 3.05) is 19.7 Å². The molecule has 23 heavy (non-hydrogen) atoms. The van der Waals surface area contributed by atoms with E-state index in [4.69, 9.17) is 10.5 Å². The number of nitrogens with two attached hydrogens (primary N) is 1. The first-order valence-corrected chi connectivity index (χ1v) is 7.88. The summed E-state index contributed by atoms with van der Waals surface area (Å²) < 4.78 is 5.43. The van der Waals surface area contributed by atoms with Crippen LogP contribution >= 0.6 is 0 Å². The zero-order chi connectivity index (χ0) is 16.8. The van der Waals surface area contributed by atoms with Crippen molar-refractivity contribution in [3.63, 3.8) is 0 Å². The maximum atomic E-state index is 12.3. The van der Waals surface area contributed by atoms with E-state index in [0.29, 0.717) is 19.0 Å². The lowest BCUT2D eigenvalue weighted by molar-refractivity contribution is -0.385. The van der Waals surface area contributed by atoms with Gasteiger partial charge >= 0.3 is 5.69 Å². The van der Waals surface area contributed by atoms with Gasteiger partial charge in [-0.2, -0.15) is 0 Å². The Hall–Kier alpha value is -2.15. The van der Waals surface area contributed by atoms with Gasteiger partial charge in [-0.25, -0.2) is 0 Å². The highest BCUT2D eigenvalue weighted by Gasteiger charge is 2.28. The predicted octanol–water partition coefficient (Wildman–Crippen LogP) is 1.95. The van der Waals surface area contributed by atoms with Crippen LogP contribution < -0.4 is 10.5 Å². The van der Waals surface area contributed by atoms with Gasteiger partial charge < -0.3 is 15.4 Å². The number of hydrogen-bond donors (Lipinski definition) is 1. The first-order chi connectivity index (χ1) is 11.0. The molecule has 2 N–H and O–H groups in total. The van der Waals surface area contributed by atoms with Crippen molar-refractivity contribution in [2.24, 2.45) is 11.7 Å². The zero-order valence-corrected chi connectivity index (χ0v) is 13.3. The molecule has 126 valence electrons. The third-order valence-electron chi connectivity index (χ3n) is 4.21. The summed E-state index contributed by atoms with van der Waals surface area (Å²) in [6.45, 7) is 3.46. The molecule has 2 rings (SSSR count). The molecule has 7 nitrogen and oxygen atoms in total.